The number of benzene rings is 1. The van der Waals surface area contributed by atoms with Crippen LogP contribution in [0, 0.1) is 0 Å². The SMILES string of the molecule is CNCC(=O)c1cc2c(cc1Br)OC(C)(C)O2. The molecule has 0 aliphatic carbocycles. The van der Waals surface area contributed by atoms with Gasteiger partial charge in [0.15, 0.2) is 17.3 Å². The van der Waals surface area contributed by atoms with Crippen molar-refractivity contribution in [2.45, 2.75) is 19.6 Å². The minimum Gasteiger partial charge on any atom is -0.449 e. The molecular weight excluding hydrogens is 286 g/mol. The van der Waals surface area contributed by atoms with E-state index in [1.807, 2.05) is 13.8 Å². The van der Waals surface area contributed by atoms with Crippen LogP contribution in [0.3, 0.4) is 0 Å². The Hall–Kier alpha value is -1.07. The van der Waals surface area contributed by atoms with E-state index in [9.17, 15) is 4.79 Å². The zero-order valence-corrected chi connectivity index (χ0v) is 11.6. The number of rotatable bonds is 3. The van der Waals surface area contributed by atoms with Crippen molar-refractivity contribution in [3.63, 3.8) is 0 Å². The van der Waals surface area contributed by atoms with Gasteiger partial charge in [0.1, 0.15) is 0 Å². The standard InChI is InChI=1S/C12H14BrNO3/c1-12(2)16-10-4-7(9(15)6-14-3)8(13)5-11(10)17-12/h4-5,14H,6H2,1-3H3. The first-order valence-electron chi connectivity index (χ1n) is 5.32. The van der Waals surface area contributed by atoms with Gasteiger partial charge in [-0.15, -0.1) is 0 Å². The van der Waals surface area contributed by atoms with E-state index < -0.39 is 5.79 Å². The van der Waals surface area contributed by atoms with Crippen LogP contribution in [0.4, 0.5) is 0 Å². The minimum atomic E-state index is -0.674. The van der Waals surface area contributed by atoms with Crippen molar-refractivity contribution in [3.05, 3.63) is 22.2 Å². The molecule has 0 amide bonds. The molecule has 0 atom stereocenters. The zero-order chi connectivity index (χ0) is 12.6. The average molecular weight is 300 g/mol. The third-order valence-corrected chi connectivity index (χ3v) is 3.04. The van der Waals surface area contributed by atoms with E-state index in [1.165, 1.54) is 0 Å². The Labute approximate surface area is 108 Å². The minimum absolute atomic E-state index is 0.00970. The number of likely N-dealkylation sites (N-methyl/N-ethyl adjacent to an activating group) is 1. The van der Waals surface area contributed by atoms with Crippen LogP contribution in [0.1, 0.15) is 24.2 Å². The van der Waals surface area contributed by atoms with Crippen molar-refractivity contribution in [1.29, 1.82) is 0 Å². The molecule has 1 aliphatic heterocycles. The monoisotopic (exact) mass is 299 g/mol. The molecular formula is C12H14BrNO3. The Kier molecular flexibility index (Phi) is 3.14. The summed E-state index contributed by atoms with van der Waals surface area (Å²) in [6.07, 6.45) is 0. The molecule has 2 rings (SSSR count). The van der Waals surface area contributed by atoms with Crippen molar-refractivity contribution in [2.75, 3.05) is 13.6 Å². The lowest BCUT2D eigenvalue weighted by atomic mass is 10.1. The van der Waals surface area contributed by atoms with Gasteiger partial charge in [-0.25, -0.2) is 0 Å². The van der Waals surface area contributed by atoms with E-state index in [1.54, 1.807) is 19.2 Å². The molecule has 0 bridgehead atoms. The second kappa shape index (κ2) is 4.31. The van der Waals surface area contributed by atoms with Crippen LogP contribution in [0.2, 0.25) is 0 Å². The van der Waals surface area contributed by atoms with E-state index >= 15 is 0 Å². The van der Waals surface area contributed by atoms with Crippen LogP contribution in [-0.4, -0.2) is 25.2 Å². The molecule has 0 unspecified atom stereocenters. The Morgan fingerprint density at radius 2 is 1.94 bits per heavy atom. The molecule has 0 saturated carbocycles. The number of carbonyl (C=O) groups is 1. The first kappa shape index (κ1) is 12.4. The fourth-order valence-electron chi connectivity index (χ4n) is 1.71. The quantitative estimate of drug-likeness (QED) is 0.871. The van der Waals surface area contributed by atoms with Crippen molar-refractivity contribution >= 4 is 21.7 Å². The van der Waals surface area contributed by atoms with E-state index in [2.05, 4.69) is 21.2 Å². The highest BCUT2D eigenvalue weighted by Crippen LogP contribution is 2.42. The van der Waals surface area contributed by atoms with Crippen molar-refractivity contribution in [1.82, 2.24) is 5.32 Å². The fraction of sp³-hybridized carbons (Fsp3) is 0.417. The Morgan fingerprint density at radius 3 is 2.53 bits per heavy atom. The van der Waals surface area contributed by atoms with Gasteiger partial charge in [-0.1, -0.05) is 0 Å². The molecule has 0 radical (unpaired) electrons. The van der Waals surface area contributed by atoms with Crippen LogP contribution in [0.5, 0.6) is 11.5 Å². The molecule has 0 spiro atoms. The molecule has 0 saturated heterocycles. The van der Waals surface area contributed by atoms with Crippen LogP contribution in [-0.2, 0) is 0 Å². The predicted molar refractivity (Wildman–Crippen MR) is 67.7 cm³/mol. The van der Waals surface area contributed by atoms with Crippen molar-refractivity contribution in [2.24, 2.45) is 0 Å². The lowest BCUT2D eigenvalue weighted by Gasteiger charge is -2.16. The highest BCUT2D eigenvalue weighted by molar-refractivity contribution is 9.10. The fourth-order valence-corrected chi connectivity index (χ4v) is 2.26. The summed E-state index contributed by atoms with van der Waals surface area (Å²) in [5.74, 6) is 0.600. The van der Waals surface area contributed by atoms with Crippen LogP contribution < -0.4 is 14.8 Å². The van der Waals surface area contributed by atoms with Crippen LogP contribution >= 0.6 is 15.9 Å². The second-order valence-electron chi connectivity index (χ2n) is 4.34. The van der Waals surface area contributed by atoms with Gasteiger partial charge in [0.05, 0.1) is 6.54 Å². The smallest absolute Gasteiger partial charge is 0.246 e. The first-order chi connectivity index (χ1) is 7.93. The third-order valence-electron chi connectivity index (χ3n) is 2.38. The number of carbonyl (C=O) groups excluding carboxylic acids is 1. The topological polar surface area (TPSA) is 47.6 Å². The number of Topliss-reactive ketones (excluding diaryl/α,β-unsaturated/α-hetero) is 1. The molecule has 1 aromatic carbocycles. The second-order valence-corrected chi connectivity index (χ2v) is 5.19. The number of ketones is 1. The lowest BCUT2D eigenvalue weighted by molar-refractivity contribution is -0.0431. The van der Waals surface area contributed by atoms with Gasteiger partial charge in [0.25, 0.3) is 0 Å². The van der Waals surface area contributed by atoms with Gasteiger partial charge in [0, 0.05) is 23.9 Å². The summed E-state index contributed by atoms with van der Waals surface area (Å²) in [5.41, 5.74) is 0.597. The van der Waals surface area contributed by atoms with E-state index in [4.69, 9.17) is 9.47 Å². The molecule has 1 N–H and O–H groups in total. The van der Waals surface area contributed by atoms with E-state index in [0.29, 0.717) is 23.6 Å². The highest BCUT2D eigenvalue weighted by Gasteiger charge is 2.32. The molecule has 0 aromatic heterocycles. The number of nitrogens with one attached hydrogen (secondary N) is 1. The van der Waals surface area contributed by atoms with Crippen LogP contribution in [0.15, 0.2) is 16.6 Å². The Balaban J connectivity index is 2.37. The molecule has 5 heteroatoms. The average Bonchev–Trinajstić information content (AvgIpc) is 2.50. The number of halogens is 1. The van der Waals surface area contributed by atoms with E-state index in [0.717, 1.165) is 4.47 Å². The van der Waals surface area contributed by atoms with Gasteiger partial charge in [0.2, 0.25) is 5.79 Å². The summed E-state index contributed by atoms with van der Waals surface area (Å²) in [6.45, 7) is 3.95. The first-order valence-corrected chi connectivity index (χ1v) is 6.11. The van der Waals surface area contributed by atoms with Gasteiger partial charge >= 0.3 is 0 Å². The van der Waals surface area contributed by atoms with Gasteiger partial charge in [-0.2, -0.15) is 0 Å². The molecule has 17 heavy (non-hydrogen) atoms. The number of ether oxygens (including phenoxy) is 2. The predicted octanol–water partition coefficient (Wildman–Crippen LogP) is 2.36. The summed E-state index contributed by atoms with van der Waals surface area (Å²) in [6, 6.07) is 3.49. The van der Waals surface area contributed by atoms with Gasteiger partial charge in [-0.3, -0.25) is 4.79 Å². The van der Waals surface area contributed by atoms with Crippen molar-refractivity contribution < 1.29 is 14.3 Å². The molecule has 1 heterocycles. The number of hydrogen-bond acceptors (Lipinski definition) is 4. The molecule has 4 nitrogen and oxygen atoms in total. The van der Waals surface area contributed by atoms with Crippen molar-refractivity contribution in [3.8, 4) is 11.5 Å². The normalized spacial score (nSPS) is 16.0. The highest BCUT2D eigenvalue weighted by atomic mass is 79.9. The van der Waals surface area contributed by atoms with Crippen LogP contribution in [0.25, 0.3) is 0 Å². The lowest BCUT2D eigenvalue weighted by Crippen LogP contribution is -2.29. The van der Waals surface area contributed by atoms with Gasteiger partial charge < -0.3 is 14.8 Å². The summed E-state index contributed by atoms with van der Waals surface area (Å²) in [4.78, 5) is 11.8. The maximum Gasteiger partial charge on any atom is 0.246 e. The molecule has 1 aromatic rings. The molecule has 92 valence electrons. The van der Waals surface area contributed by atoms with Gasteiger partial charge in [-0.05, 0) is 35.1 Å². The maximum atomic E-state index is 11.8. The third kappa shape index (κ3) is 2.45. The summed E-state index contributed by atoms with van der Waals surface area (Å²) >= 11 is 3.37. The number of hydrogen-bond donors (Lipinski definition) is 1. The Bertz CT molecular complexity index is 471. The largest absolute Gasteiger partial charge is 0.449 e. The number of fused-ring (bicyclic) bond motifs is 1. The summed E-state index contributed by atoms with van der Waals surface area (Å²) in [5, 5.41) is 2.83. The molecule has 0 fully saturated rings. The Morgan fingerprint density at radius 1 is 1.35 bits per heavy atom. The van der Waals surface area contributed by atoms with E-state index in [-0.39, 0.29) is 5.78 Å². The summed E-state index contributed by atoms with van der Waals surface area (Å²) in [7, 11) is 1.74. The summed E-state index contributed by atoms with van der Waals surface area (Å²) < 4.78 is 11.9. The zero-order valence-electron chi connectivity index (χ0n) is 9.96. The molecule has 1 aliphatic rings. The maximum absolute atomic E-state index is 11.8.